The Kier molecular flexibility index (Phi) is 3.58. The Balaban J connectivity index is 1.96. The van der Waals surface area contributed by atoms with Crippen LogP contribution in [0.25, 0.3) is 0 Å². The molecule has 0 saturated heterocycles. The molecule has 3 heteroatoms. The molecule has 1 heterocycles. The average Bonchev–Trinajstić information content (AvgIpc) is 2.91. The predicted octanol–water partition coefficient (Wildman–Crippen LogP) is 4.03. The summed E-state index contributed by atoms with van der Waals surface area (Å²) in [5.41, 5.74) is 0.815. The van der Waals surface area contributed by atoms with Crippen molar-refractivity contribution in [1.29, 1.82) is 0 Å². The molecule has 1 saturated carbocycles. The highest BCUT2D eigenvalue weighted by Crippen LogP contribution is 2.44. The molecule has 0 bridgehead atoms. The molecule has 3 rings (SSSR count). The quantitative estimate of drug-likeness (QED) is 0.673. The zero-order valence-electron chi connectivity index (χ0n) is 12.0. The van der Waals surface area contributed by atoms with Crippen molar-refractivity contribution in [2.24, 2.45) is 0 Å². The largest absolute Gasteiger partial charge is 0.512 e. The molecule has 1 spiro atoms. The predicted molar refractivity (Wildman–Crippen MR) is 80.9 cm³/mol. The van der Waals surface area contributed by atoms with Crippen molar-refractivity contribution in [3.8, 4) is 0 Å². The van der Waals surface area contributed by atoms with Gasteiger partial charge < -0.3 is 9.84 Å². The Morgan fingerprint density at radius 3 is 2.48 bits per heavy atom. The molecule has 0 aromatic heterocycles. The normalized spacial score (nSPS) is 22.2. The summed E-state index contributed by atoms with van der Waals surface area (Å²) in [6, 6.07) is 9.61. The molecule has 1 atom stereocenters. The van der Waals surface area contributed by atoms with Gasteiger partial charge in [-0.3, -0.25) is 0 Å². The van der Waals surface area contributed by atoms with Crippen LogP contribution in [0.4, 0.5) is 0 Å². The third-order valence-electron chi connectivity index (χ3n) is 4.55. The Labute approximate surface area is 124 Å². The maximum Gasteiger partial charge on any atom is 0.338 e. The summed E-state index contributed by atoms with van der Waals surface area (Å²) in [7, 11) is 0. The third kappa shape index (κ3) is 2.48. The van der Waals surface area contributed by atoms with Crippen molar-refractivity contribution in [2.45, 2.75) is 43.6 Å². The molecule has 1 N–H and O–H groups in total. The number of hydrogen-bond acceptors (Lipinski definition) is 3. The molecule has 2 aliphatic rings. The van der Waals surface area contributed by atoms with Crippen LogP contribution in [0.2, 0.25) is 0 Å². The molecule has 0 unspecified atom stereocenters. The molecule has 1 aromatic carbocycles. The molecule has 1 aliphatic carbocycles. The Morgan fingerprint density at radius 1 is 1.24 bits per heavy atom. The first-order chi connectivity index (χ1) is 10.2. The summed E-state index contributed by atoms with van der Waals surface area (Å²) in [5, 5.41) is 10.5. The van der Waals surface area contributed by atoms with Gasteiger partial charge >= 0.3 is 5.97 Å². The van der Waals surface area contributed by atoms with Crippen LogP contribution in [-0.2, 0) is 9.53 Å². The molecule has 0 amide bonds. The lowest BCUT2D eigenvalue weighted by atomic mass is 9.84. The average molecular weight is 284 g/mol. The van der Waals surface area contributed by atoms with E-state index < -0.39 is 11.6 Å². The summed E-state index contributed by atoms with van der Waals surface area (Å²) in [5.74, 6) is -0.547. The molecule has 1 aliphatic heterocycles. The number of allylic oxidation sites excluding steroid dienone is 1. The fraction of sp³-hybridized carbons (Fsp3) is 0.389. The van der Waals surface area contributed by atoms with E-state index in [0.29, 0.717) is 12.0 Å². The van der Waals surface area contributed by atoms with Gasteiger partial charge in [0.05, 0.1) is 5.57 Å². The summed E-state index contributed by atoms with van der Waals surface area (Å²) in [6.07, 6.45) is 5.93. The molecule has 110 valence electrons. The second kappa shape index (κ2) is 5.40. The van der Waals surface area contributed by atoms with Crippen LogP contribution in [0.15, 0.2) is 54.3 Å². The zero-order valence-corrected chi connectivity index (χ0v) is 12.0. The lowest BCUT2D eigenvalue weighted by molar-refractivity contribution is -0.158. The van der Waals surface area contributed by atoms with Crippen LogP contribution in [0, 0.1) is 0 Å². The third-order valence-corrected chi connectivity index (χ3v) is 4.55. The van der Waals surface area contributed by atoms with Crippen molar-refractivity contribution in [2.75, 3.05) is 0 Å². The van der Waals surface area contributed by atoms with Crippen molar-refractivity contribution >= 4 is 5.97 Å². The number of esters is 1. The van der Waals surface area contributed by atoms with E-state index in [9.17, 15) is 9.90 Å². The van der Waals surface area contributed by atoms with E-state index in [1.165, 1.54) is 0 Å². The van der Waals surface area contributed by atoms with E-state index >= 15 is 0 Å². The molecule has 3 nitrogen and oxygen atoms in total. The van der Waals surface area contributed by atoms with Gasteiger partial charge in [0.15, 0.2) is 0 Å². The number of hydrogen-bond donors (Lipinski definition) is 1. The van der Waals surface area contributed by atoms with Gasteiger partial charge in [-0.25, -0.2) is 4.79 Å². The second-order valence-corrected chi connectivity index (χ2v) is 5.94. The number of benzene rings is 1. The number of carbonyl (C=O) groups is 1. The molecule has 1 fully saturated rings. The maximum absolute atomic E-state index is 12.5. The van der Waals surface area contributed by atoms with E-state index in [2.05, 4.69) is 6.58 Å². The topological polar surface area (TPSA) is 46.5 Å². The number of aliphatic hydroxyl groups excluding tert-OH is 1. The molecular weight excluding hydrogens is 264 g/mol. The van der Waals surface area contributed by atoms with Crippen LogP contribution >= 0.6 is 0 Å². The minimum atomic E-state index is -0.465. The number of aliphatic hydroxyl groups is 1. The molecular formula is C18H20O3. The van der Waals surface area contributed by atoms with Crippen LogP contribution in [-0.4, -0.2) is 16.7 Å². The summed E-state index contributed by atoms with van der Waals surface area (Å²) >= 11 is 0. The van der Waals surface area contributed by atoms with Crippen LogP contribution in [0.5, 0.6) is 0 Å². The highest BCUT2D eigenvalue weighted by Gasteiger charge is 2.45. The van der Waals surface area contributed by atoms with Crippen LogP contribution in [0.3, 0.4) is 0 Å². The second-order valence-electron chi connectivity index (χ2n) is 5.94. The van der Waals surface area contributed by atoms with Crippen LogP contribution < -0.4 is 0 Å². The van der Waals surface area contributed by atoms with E-state index in [-0.39, 0.29) is 11.7 Å². The smallest absolute Gasteiger partial charge is 0.338 e. The first-order valence-electron chi connectivity index (χ1n) is 7.48. The lowest BCUT2D eigenvalue weighted by Gasteiger charge is -2.35. The first kappa shape index (κ1) is 13.9. The summed E-state index contributed by atoms with van der Waals surface area (Å²) in [6.45, 7) is 3.82. The Hall–Kier alpha value is -2.03. The van der Waals surface area contributed by atoms with Gasteiger partial charge in [0, 0.05) is 12.3 Å². The highest BCUT2D eigenvalue weighted by atomic mass is 16.6. The number of carbonyl (C=O) groups excluding carboxylic acids is 1. The van der Waals surface area contributed by atoms with Gasteiger partial charge in [0.2, 0.25) is 0 Å². The summed E-state index contributed by atoms with van der Waals surface area (Å²) < 4.78 is 5.72. The zero-order chi connectivity index (χ0) is 14.9. The van der Waals surface area contributed by atoms with Crippen molar-refractivity contribution in [3.05, 3.63) is 59.9 Å². The van der Waals surface area contributed by atoms with E-state index in [1.807, 2.05) is 30.3 Å². The number of rotatable bonds is 3. The van der Waals surface area contributed by atoms with E-state index in [4.69, 9.17) is 4.74 Å². The van der Waals surface area contributed by atoms with Gasteiger partial charge in [-0.1, -0.05) is 36.4 Å². The van der Waals surface area contributed by atoms with Gasteiger partial charge in [-0.2, -0.15) is 0 Å². The SMILES string of the molecule is C=C[C@H](C1=C(O)CC2(CCCC2)OC1=O)c1ccccc1. The summed E-state index contributed by atoms with van der Waals surface area (Å²) in [4.78, 5) is 12.5. The first-order valence-corrected chi connectivity index (χ1v) is 7.48. The highest BCUT2D eigenvalue weighted by molar-refractivity contribution is 5.92. The minimum absolute atomic E-state index is 0.168. The Bertz CT molecular complexity index is 580. The van der Waals surface area contributed by atoms with Crippen LogP contribution in [0.1, 0.15) is 43.6 Å². The monoisotopic (exact) mass is 284 g/mol. The number of ether oxygens (including phenoxy) is 1. The fourth-order valence-corrected chi connectivity index (χ4v) is 3.49. The standard InChI is InChI=1S/C18H20O3/c1-2-14(13-8-4-3-5-9-13)16-15(19)12-18(21-17(16)20)10-6-7-11-18/h2-5,8-9,14,19H,1,6-7,10-12H2/t14-/m0/s1. The van der Waals surface area contributed by atoms with Crippen molar-refractivity contribution in [1.82, 2.24) is 0 Å². The van der Waals surface area contributed by atoms with Gasteiger partial charge in [-0.05, 0) is 31.2 Å². The van der Waals surface area contributed by atoms with E-state index in [0.717, 1.165) is 31.2 Å². The van der Waals surface area contributed by atoms with E-state index in [1.54, 1.807) is 6.08 Å². The molecule has 1 aromatic rings. The minimum Gasteiger partial charge on any atom is -0.512 e. The Morgan fingerprint density at radius 2 is 1.90 bits per heavy atom. The van der Waals surface area contributed by atoms with Crippen molar-refractivity contribution < 1.29 is 14.6 Å². The van der Waals surface area contributed by atoms with Gasteiger partial charge in [0.25, 0.3) is 0 Å². The lowest BCUT2D eigenvalue weighted by Crippen LogP contribution is -2.38. The van der Waals surface area contributed by atoms with Crippen molar-refractivity contribution in [3.63, 3.8) is 0 Å². The molecule has 21 heavy (non-hydrogen) atoms. The molecule has 0 radical (unpaired) electrons. The van der Waals surface area contributed by atoms with Gasteiger partial charge in [-0.15, -0.1) is 6.58 Å². The maximum atomic E-state index is 12.5. The van der Waals surface area contributed by atoms with Gasteiger partial charge in [0.1, 0.15) is 11.4 Å². The fourth-order valence-electron chi connectivity index (χ4n) is 3.49.